The van der Waals surface area contributed by atoms with Gasteiger partial charge < -0.3 is 10.4 Å². The Morgan fingerprint density at radius 3 is 2.60 bits per heavy atom. The van der Waals surface area contributed by atoms with Crippen LogP contribution in [0.15, 0.2) is 0 Å². The highest BCUT2D eigenvalue weighted by Gasteiger charge is 2.26. The molecular weight excluding hydrogens is 284 g/mol. The van der Waals surface area contributed by atoms with Crippen LogP contribution in [0.1, 0.15) is 32.9 Å². The zero-order chi connectivity index (χ0) is 15.5. The summed E-state index contributed by atoms with van der Waals surface area (Å²) in [4.78, 5) is 18.1. The summed E-state index contributed by atoms with van der Waals surface area (Å²) in [5.74, 6) is 0.328. The van der Waals surface area contributed by atoms with Gasteiger partial charge in [0.2, 0.25) is 11.1 Å². The van der Waals surface area contributed by atoms with Gasteiger partial charge in [0.05, 0.1) is 10.5 Å². The number of halogens is 1. The van der Waals surface area contributed by atoms with Gasteiger partial charge in [-0.15, -0.1) is 0 Å². The molecule has 0 aliphatic carbocycles. The molecule has 1 unspecified atom stereocenters. The highest BCUT2D eigenvalue weighted by atomic mass is 35.5. The van der Waals surface area contributed by atoms with Gasteiger partial charge >= 0.3 is 5.69 Å². The van der Waals surface area contributed by atoms with Crippen LogP contribution in [0.4, 0.5) is 11.5 Å². The predicted octanol–water partition coefficient (Wildman–Crippen LogP) is 2.56. The largest absolute Gasteiger partial charge is 0.388 e. The Bertz CT molecular complexity index is 506. The van der Waals surface area contributed by atoms with E-state index in [-0.39, 0.29) is 29.0 Å². The topological polar surface area (TPSA) is 101 Å². The van der Waals surface area contributed by atoms with E-state index in [4.69, 9.17) is 11.6 Å². The minimum absolute atomic E-state index is 0.0246. The van der Waals surface area contributed by atoms with E-state index in [1.807, 2.05) is 13.8 Å². The number of aromatic nitrogens is 2. The second-order valence-electron chi connectivity index (χ2n) is 5.48. The quantitative estimate of drug-likeness (QED) is 0.476. The summed E-state index contributed by atoms with van der Waals surface area (Å²) in [5.41, 5.74) is -1.04. The van der Waals surface area contributed by atoms with Crippen LogP contribution in [0.3, 0.4) is 0 Å². The molecule has 0 saturated carbocycles. The maximum atomic E-state index is 11.0. The Kier molecular flexibility index (Phi) is 5.24. The van der Waals surface area contributed by atoms with Gasteiger partial charge in [-0.2, -0.15) is 4.98 Å². The number of rotatable bonds is 6. The first-order chi connectivity index (χ1) is 9.12. The molecule has 20 heavy (non-hydrogen) atoms. The molecule has 0 amide bonds. The van der Waals surface area contributed by atoms with E-state index in [0.29, 0.717) is 12.3 Å². The van der Waals surface area contributed by atoms with Crippen LogP contribution in [0.2, 0.25) is 5.28 Å². The van der Waals surface area contributed by atoms with Crippen molar-refractivity contribution < 1.29 is 10.0 Å². The predicted molar refractivity (Wildman–Crippen MR) is 77.0 cm³/mol. The molecule has 1 atom stereocenters. The van der Waals surface area contributed by atoms with Gasteiger partial charge in [-0.3, -0.25) is 10.1 Å². The molecule has 7 nitrogen and oxygen atoms in total. The van der Waals surface area contributed by atoms with Crippen molar-refractivity contribution >= 4 is 23.1 Å². The third kappa shape index (κ3) is 4.57. The minimum Gasteiger partial charge on any atom is -0.388 e. The van der Waals surface area contributed by atoms with E-state index in [0.717, 1.165) is 0 Å². The lowest BCUT2D eigenvalue weighted by Crippen LogP contribution is -2.35. The molecule has 0 aromatic carbocycles. The van der Waals surface area contributed by atoms with Gasteiger partial charge in [0.15, 0.2) is 0 Å². The van der Waals surface area contributed by atoms with Crippen molar-refractivity contribution in [2.75, 3.05) is 11.9 Å². The van der Waals surface area contributed by atoms with Gasteiger partial charge in [0.25, 0.3) is 0 Å². The summed E-state index contributed by atoms with van der Waals surface area (Å²) in [6, 6.07) is 0. The summed E-state index contributed by atoms with van der Waals surface area (Å²) in [6.45, 7) is 7.27. The lowest BCUT2D eigenvalue weighted by atomic mass is 9.94. The molecule has 0 radical (unpaired) electrons. The van der Waals surface area contributed by atoms with Crippen molar-refractivity contribution in [1.82, 2.24) is 9.97 Å². The van der Waals surface area contributed by atoms with Crippen LogP contribution in [0.5, 0.6) is 0 Å². The smallest absolute Gasteiger partial charge is 0.332 e. The summed E-state index contributed by atoms with van der Waals surface area (Å²) in [6.07, 6.45) is 0.561. The summed E-state index contributed by atoms with van der Waals surface area (Å²) < 4.78 is 0. The van der Waals surface area contributed by atoms with Crippen LogP contribution in [-0.2, 0) is 0 Å². The van der Waals surface area contributed by atoms with E-state index >= 15 is 0 Å². The molecule has 0 aliphatic rings. The average Bonchev–Trinajstić information content (AvgIpc) is 2.22. The SMILES string of the molecule is Cc1nc(Cl)nc(NCC(C)(O)CC(C)C)c1[N+](=O)[O-]. The Labute approximate surface area is 122 Å². The monoisotopic (exact) mass is 302 g/mol. The highest BCUT2D eigenvalue weighted by Crippen LogP contribution is 2.27. The van der Waals surface area contributed by atoms with E-state index in [1.165, 1.54) is 6.92 Å². The second kappa shape index (κ2) is 6.32. The third-order valence-corrected chi connectivity index (χ3v) is 2.87. The summed E-state index contributed by atoms with van der Waals surface area (Å²) in [5, 5.41) is 24.0. The first-order valence-corrected chi connectivity index (χ1v) is 6.65. The number of nitrogens with one attached hydrogen (secondary N) is 1. The third-order valence-electron chi connectivity index (χ3n) is 2.70. The van der Waals surface area contributed by atoms with Gasteiger partial charge in [-0.1, -0.05) is 13.8 Å². The number of aliphatic hydroxyl groups is 1. The molecule has 0 aliphatic heterocycles. The van der Waals surface area contributed by atoms with E-state index < -0.39 is 10.5 Å². The van der Waals surface area contributed by atoms with E-state index in [1.54, 1.807) is 6.92 Å². The second-order valence-corrected chi connectivity index (χ2v) is 5.82. The number of hydrogen-bond donors (Lipinski definition) is 2. The normalized spacial score (nSPS) is 14.2. The molecule has 0 spiro atoms. The molecule has 0 fully saturated rings. The van der Waals surface area contributed by atoms with Crippen LogP contribution in [0, 0.1) is 23.0 Å². The standard InChI is InChI=1S/C12H19ClN4O3/c1-7(2)5-12(4,18)6-14-10-9(17(19)20)8(3)15-11(13)16-10/h7,18H,5-6H2,1-4H3,(H,14,15,16). The molecule has 1 heterocycles. The molecule has 0 saturated heterocycles. The fourth-order valence-corrected chi connectivity index (χ4v) is 2.31. The van der Waals surface area contributed by atoms with Crippen molar-refractivity contribution in [1.29, 1.82) is 0 Å². The van der Waals surface area contributed by atoms with Crippen LogP contribution in [0.25, 0.3) is 0 Å². The fourth-order valence-electron chi connectivity index (χ4n) is 2.10. The zero-order valence-corrected chi connectivity index (χ0v) is 12.7. The van der Waals surface area contributed by atoms with Crippen molar-refractivity contribution in [3.63, 3.8) is 0 Å². The number of nitro groups is 1. The van der Waals surface area contributed by atoms with Crippen LogP contribution >= 0.6 is 11.6 Å². The minimum atomic E-state index is -0.993. The number of hydrogen-bond acceptors (Lipinski definition) is 6. The Hall–Kier alpha value is -1.47. The Morgan fingerprint density at radius 2 is 2.10 bits per heavy atom. The highest BCUT2D eigenvalue weighted by molar-refractivity contribution is 6.28. The molecule has 2 N–H and O–H groups in total. The van der Waals surface area contributed by atoms with E-state index in [2.05, 4.69) is 15.3 Å². The number of anilines is 1. The molecule has 1 aromatic heterocycles. The lowest BCUT2D eigenvalue weighted by molar-refractivity contribution is -0.385. The Balaban J connectivity index is 2.95. The first-order valence-electron chi connectivity index (χ1n) is 6.27. The van der Waals surface area contributed by atoms with Crippen LogP contribution < -0.4 is 5.32 Å². The van der Waals surface area contributed by atoms with E-state index in [9.17, 15) is 15.2 Å². The van der Waals surface area contributed by atoms with Crippen LogP contribution in [-0.4, -0.2) is 32.1 Å². The van der Waals surface area contributed by atoms with Gasteiger partial charge in [-0.25, -0.2) is 4.98 Å². The number of nitrogens with zero attached hydrogens (tertiary/aromatic N) is 3. The van der Waals surface area contributed by atoms with Gasteiger partial charge in [-0.05, 0) is 37.8 Å². The maximum Gasteiger partial charge on any atom is 0.332 e. The number of aryl methyl sites for hydroxylation is 1. The molecule has 112 valence electrons. The summed E-state index contributed by atoms with van der Waals surface area (Å²) >= 11 is 5.71. The lowest BCUT2D eigenvalue weighted by Gasteiger charge is -2.25. The molecule has 1 rings (SSSR count). The van der Waals surface area contributed by atoms with Gasteiger partial charge in [0.1, 0.15) is 5.69 Å². The molecule has 8 heteroatoms. The van der Waals surface area contributed by atoms with Crippen molar-refractivity contribution in [2.45, 2.75) is 39.7 Å². The maximum absolute atomic E-state index is 11.0. The van der Waals surface area contributed by atoms with Crippen molar-refractivity contribution in [3.8, 4) is 0 Å². The van der Waals surface area contributed by atoms with Gasteiger partial charge in [0, 0.05) is 6.54 Å². The Morgan fingerprint density at radius 1 is 1.50 bits per heavy atom. The van der Waals surface area contributed by atoms with Crippen molar-refractivity contribution in [3.05, 3.63) is 21.1 Å². The fraction of sp³-hybridized carbons (Fsp3) is 0.667. The molecule has 0 bridgehead atoms. The molecular formula is C12H19ClN4O3. The average molecular weight is 303 g/mol. The first kappa shape index (κ1) is 16.6. The summed E-state index contributed by atoms with van der Waals surface area (Å²) in [7, 11) is 0. The molecule has 1 aromatic rings. The van der Waals surface area contributed by atoms with Crippen molar-refractivity contribution in [2.24, 2.45) is 5.92 Å². The zero-order valence-electron chi connectivity index (χ0n) is 12.0.